The number of anilines is 1. The van der Waals surface area contributed by atoms with Gasteiger partial charge in [0, 0.05) is 11.7 Å². The molecular weight excluding hydrogens is 391 g/mol. The Labute approximate surface area is 172 Å². The maximum absolute atomic E-state index is 13.7. The summed E-state index contributed by atoms with van der Waals surface area (Å²) in [6, 6.07) is 8.67. The summed E-state index contributed by atoms with van der Waals surface area (Å²) in [6.45, 7) is 1.69. The minimum Gasteiger partial charge on any atom is -0.461 e. The van der Waals surface area contributed by atoms with Crippen LogP contribution in [0, 0.1) is 12.7 Å². The Balaban J connectivity index is 1.49. The molecule has 0 aliphatic heterocycles. The molecule has 2 aromatic heterocycles. The summed E-state index contributed by atoms with van der Waals surface area (Å²) in [5.74, 6) is 0.991. The zero-order chi connectivity index (χ0) is 20.2. The van der Waals surface area contributed by atoms with Gasteiger partial charge in [-0.15, -0.1) is 10.2 Å². The van der Waals surface area contributed by atoms with E-state index in [1.807, 2.05) is 12.1 Å². The third-order valence-electron chi connectivity index (χ3n) is 5.13. The third-order valence-corrected chi connectivity index (χ3v) is 6.08. The largest absolute Gasteiger partial charge is 0.461 e. The summed E-state index contributed by atoms with van der Waals surface area (Å²) in [5, 5.41) is 12.1. The van der Waals surface area contributed by atoms with Crippen molar-refractivity contribution in [2.24, 2.45) is 0 Å². The fourth-order valence-corrected chi connectivity index (χ4v) is 4.42. The molecule has 0 bridgehead atoms. The second kappa shape index (κ2) is 8.82. The van der Waals surface area contributed by atoms with Crippen LogP contribution in [0.2, 0.25) is 0 Å². The van der Waals surface area contributed by atoms with Crippen LogP contribution in [-0.2, 0) is 4.79 Å². The number of carbonyl (C=O) groups is 1. The summed E-state index contributed by atoms with van der Waals surface area (Å²) in [4.78, 5) is 12.4. The van der Waals surface area contributed by atoms with Gasteiger partial charge in [0.25, 0.3) is 0 Å². The molecule has 1 aromatic carbocycles. The van der Waals surface area contributed by atoms with Crippen molar-refractivity contribution < 1.29 is 13.6 Å². The third kappa shape index (κ3) is 4.53. The first-order chi connectivity index (χ1) is 14.1. The SMILES string of the molecule is Cc1ccc(NC(=O)CSc2nnc(-c3ccco3)n2C2CCCCC2)cc1F. The number of aromatic nitrogens is 3. The van der Waals surface area contributed by atoms with Crippen molar-refractivity contribution in [2.75, 3.05) is 11.1 Å². The molecule has 0 unspecified atom stereocenters. The Morgan fingerprint density at radius 1 is 1.28 bits per heavy atom. The zero-order valence-corrected chi connectivity index (χ0v) is 17.0. The number of hydrogen-bond donors (Lipinski definition) is 1. The topological polar surface area (TPSA) is 73.0 Å². The van der Waals surface area contributed by atoms with E-state index in [9.17, 15) is 9.18 Å². The van der Waals surface area contributed by atoms with E-state index < -0.39 is 0 Å². The number of aryl methyl sites for hydroxylation is 1. The predicted octanol–water partition coefficient (Wildman–Crippen LogP) is 5.22. The van der Waals surface area contributed by atoms with Crippen molar-refractivity contribution in [2.45, 2.75) is 50.2 Å². The molecule has 3 aromatic rings. The number of thioether (sulfide) groups is 1. The number of rotatable bonds is 6. The minimum atomic E-state index is -0.337. The van der Waals surface area contributed by atoms with E-state index in [2.05, 4.69) is 20.1 Å². The van der Waals surface area contributed by atoms with E-state index in [4.69, 9.17) is 4.42 Å². The Hall–Kier alpha value is -2.61. The highest BCUT2D eigenvalue weighted by atomic mass is 32.2. The summed E-state index contributed by atoms with van der Waals surface area (Å²) in [7, 11) is 0. The van der Waals surface area contributed by atoms with E-state index in [0.29, 0.717) is 34.0 Å². The number of carbonyl (C=O) groups excluding carboxylic acids is 1. The molecule has 8 heteroatoms. The number of hydrogen-bond acceptors (Lipinski definition) is 5. The van der Waals surface area contributed by atoms with Crippen molar-refractivity contribution in [3.05, 3.63) is 48.0 Å². The average Bonchev–Trinajstić information content (AvgIpc) is 3.39. The van der Waals surface area contributed by atoms with Crippen molar-refractivity contribution in [3.63, 3.8) is 0 Å². The maximum Gasteiger partial charge on any atom is 0.234 e. The standard InChI is InChI=1S/C21H23FN4O2S/c1-14-9-10-15(12-17(14)22)23-19(27)13-29-21-25-24-20(18-8-5-11-28-18)26(21)16-6-3-2-4-7-16/h5,8-12,16H,2-4,6-7,13H2,1H3,(H,23,27). The second-order valence-corrected chi connectivity index (χ2v) is 8.19. The first kappa shape index (κ1) is 19.7. The minimum absolute atomic E-state index is 0.165. The number of amides is 1. The molecule has 0 radical (unpaired) electrons. The van der Waals surface area contributed by atoms with Crippen LogP contribution in [0.5, 0.6) is 0 Å². The number of nitrogens with one attached hydrogen (secondary N) is 1. The van der Waals surface area contributed by atoms with E-state index in [0.717, 1.165) is 12.8 Å². The van der Waals surface area contributed by atoms with Crippen molar-refractivity contribution in [1.29, 1.82) is 0 Å². The lowest BCUT2D eigenvalue weighted by molar-refractivity contribution is -0.113. The van der Waals surface area contributed by atoms with Gasteiger partial charge in [-0.25, -0.2) is 4.39 Å². The Kier molecular flexibility index (Phi) is 5.99. The maximum atomic E-state index is 13.7. The molecule has 1 fully saturated rings. The monoisotopic (exact) mass is 414 g/mol. The molecule has 0 atom stereocenters. The molecule has 0 saturated heterocycles. The smallest absolute Gasteiger partial charge is 0.234 e. The summed E-state index contributed by atoms with van der Waals surface area (Å²) < 4.78 is 21.3. The molecule has 1 N–H and O–H groups in total. The van der Waals surface area contributed by atoms with Gasteiger partial charge in [0.2, 0.25) is 11.7 Å². The Bertz CT molecular complexity index is 981. The van der Waals surface area contributed by atoms with Crippen LogP contribution in [-0.4, -0.2) is 26.4 Å². The van der Waals surface area contributed by atoms with Gasteiger partial charge in [-0.3, -0.25) is 9.36 Å². The number of furan rings is 1. The molecule has 29 heavy (non-hydrogen) atoms. The molecule has 1 saturated carbocycles. The average molecular weight is 415 g/mol. The summed E-state index contributed by atoms with van der Waals surface area (Å²) in [5.41, 5.74) is 0.993. The summed E-state index contributed by atoms with van der Waals surface area (Å²) >= 11 is 1.34. The molecule has 1 aliphatic rings. The normalized spacial score (nSPS) is 14.8. The van der Waals surface area contributed by atoms with E-state index in [1.54, 1.807) is 25.3 Å². The van der Waals surface area contributed by atoms with Crippen molar-refractivity contribution >= 4 is 23.4 Å². The number of nitrogens with zero attached hydrogens (tertiary/aromatic N) is 3. The fourth-order valence-electron chi connectivity index (χ4n) is 3.62. The highest BCUT2D eigenvalue weighted by Crippen LogP contribution is 2.35. The van der Waals surface area contributed by atoms with E-state index >= 15 is 0 Å². The predicted molar refractivity (Wildman–Crippen MR) is 110 cm³/mol. The van der Waals surface area contributed by atoms with Crippen LogP contribution in [0.15, 0.2) is 46.2 Å². The zero-order valence-electron chi connectivity index (χ0n) is 16.2. The number of halogens is 1. The lowest BCUT2D eigenvalue weighted by atomic mass is 9.95. The Morgan fingerprint density at radius 3 is 2.83 bits per heavy atom. The molecule has 2 heterocycles. The quantitative estimate of drug-likeness (QED) is 0.560. The van der Waals surface area contributed by atoms with Crippen molar-refractivity contribution in [3.8, 4) is 11.6 Å². The van der Waals surface area contributed by atoms with Crippen LogP contribution in [0.25, 0.3) is 11.6 Å². The van der Waals surface area contributed by atoms with Gasteiger partial charge < -0.3 is 9.73 Å². The van der Waals surface area contributed by atoms with Gasteiger partial charge in [-0.05, 0) is 49.6 Å². The van der Waals surface area contributed by atoms with Crippen LogP contribution in [0.1, 0.15) is 43.7 Å². The fraction of sp³-hybridized carbons (Fsp3) is 0.381. The Morgan fingerprint density at radius 2 is 2.10 bits per heavy atom. The molecular formula is C21H23FN4O2S. The summed E-state index contributed by atoms with van der Waals surface area (Å²) in [6.07, 6.45) is 7.33. The van der Waals surface area contributed by atoms with E-state index in [-0.39, 0.29) is 17.5 Å². The van der Waals surface area contributed by atoms with Crippen LogP contribution < -0.4 is 5.32 Å². The van der Waals surface area contributed by atoms with Crippen molar-refractivity contribution in [1.82, 2.24) is 14.8 Å². The molecule has 4 rings (SSSR count). The molecule has 1 amide bonds. The lowest BCUT2D eigenvalue weighted by Gasteiger charge is -2.25. The second-order valence-electron chi connectivity index (χ2n) is 7.25. The lowest BCUT2D eigenvalue weighted by Crippen LogP contribution is -2.17. The van der Waals surface area contributed by atoms with Gasteiger partial charge in [0.15, 0.2) is 10.9 Å². The van der Waals surface area contributed by atoms with Gasteiger partial charge >= 0.3 is 0 Å². The number of benzene rings is 1. The van der Waals surface area contributed by atoms with Gasteiger partial charge in [-0.1, -0.05) is 37.1 Å². The van der Waals surface area contributed by atoms with Crippen LogP contribution in [0.4, 0.5) is 10.1 Å². The molecule has 0 spiro atoms. The highest BCUT2D eigenvalue weighted by Gasteiger charge is 2.25. The molecule has 6 nitrogen and oxygen atoms in total. The van der Waals surface area contributed by atoms with E-state index in [1.165, 1.54) is 37.1 Å². The van der Waals surface area contributed by atoms with Gasteiger partial charge in [0.1, 0.15) is 5.82 Å². The molecule has 1 aliphatic carbocycles. The van der Waals surface area contributed by atoms with Crippen LogP contribution >= 0.6 is 11.8 Å². The van der Waals surface area contributed by atoms with Gasteiger partial charge in [0.05, 0.1) is 12.0 Å². The molecule has 152 valence electrons. The first-order valence-corrected chi connectivity index (χ1v) is 10.8. The van der Waals surface area contributed by atoms with Gasteiger partial charge in [-0.2, -0.15) is 0 Å². The highest BCUT2D eigenvalue weighted by molar-refractivity contribution is 7.99. The van der Waals surface area contributed by atoms with Crippen LogP contribution in [0.3, 0.4) is 0 Å². The first-order valence-electron chi connectivity index (χ1n) is 9.79.